The standard InChI is InChI=1S/C22H14O9S2/c23-21(17-9-13-5-1-3-7-15(13)11-19(17)32(25,26)27)31-22(24)18-10-14-6-2-4-8-16(14)12-20(18)33(28,29)30/h1-12H,(H,25,26,27)(H,28,29,30). The van der Waals surface area contributed by atoms with E-state index >= 15 is 0 Å². The van der Waals surface area contributed by atoms with Crippen LogP contribution < -0.4 is 0 Å². The predicted octanol–water partition coefficient (Wildman–Crippen LogP) is 3.48. The maximum Gasteiger partial charge on any atom is 0.347 e. The van der Waals surface area contributed by atoms with Gasteiger partial charge in [0.25, 0.3) is 20.2 Å². The Labute approximate surface area is 187 Å². The van der Waals surface area contributed by atoms with Crippen molar-refractivity contribution in [1.82, 2.24) is 0 Å². The average Bonchev–Trinajstić information content (AvgIpc) is 2.76. The second-order valence-electron chi connectivity index (χ2n) is 7.02. The van der Waals surface area contributed by atoms with Crippen LogP contribution in [0.1, 0.15) is 20.7 Å². The van der Waals surface area contributed by atoms with Gasteiger partial charge in [-0.25, -0.2) is 9.59 Å². The van der Waals surface area contributed by atoms with Crippen molar-refractivity contribution in [3.8, 4) is 0 Å². The number of hydrogen-bond acceptors (Lipinski definition) is 7. The van der Waals surface area contributed by atoms with Crippen LogP contribution in [0.15, 0.2) is 82.6 Å². The van der Waals surface area contributed by atoms with Crippen LogP contribution in [0.25, 0.3) is 21.5 Å². The van der Waals surface area contributed by atoms with E-state index in [0.29, 0.717) is 21.5 Å². The average molecular weight is 486 g/mol. The Kier molecular flexibility index (Phi) is 5.50. The smallest absolute Gasteiger partial charge is 0.347 e. The van der Waals surface area contributed by atoms with Gasteiger partial charge in [-0.1, -0.05) is 48.5 Å². The van der Waals surface area contributed by atoms with Crippen molar-refractivity contribution >= 4 is 53.7 Å². The first-order chi connectivity index (χ1) is 15.4. The maximum atomic E-state index is 12.7. The van der Waals surface area contributed by atoms with Gasteiger partial charge in [0.15, 0.2) is 0 Å². The third-order valence-corrected chi connectivity index (χ3v) is 6.66. The van der Waals surface area contributed by atoms with Gasteiger partial charge in [-0.05, 0) is 45.8 Å². The minimum absolute atomic E-state index is 0.399. The van der Waals surface area contributed by atoms with E-state index in [2.05, 4.69) is 0 Å². The van der Waals surface area contributed by atoms with Gasteiger partial charge in [0.2, 0.25) is 0 Å². The van der Waals surface area contributed by atoms with Crippen LogP contribution in [-0.4, -0.2) is 37.9 Å². The molecule has 0 unspecified atom stereocenters. The summed E-state index contributed by atoms with van der Waals surface area (Å²) < 4.78 is 71.3. The fourth-order valence-electron chi connectivity index (χ4n) is 3.38. The summed E-state index contributed by atoms with van der Waals surface area (Å²) in [6, 6.07) is 17.1. The SMILES string of the molecule is O=C(OC(=O)c1cc2ccccc2cc1S(=O)(=O)O)c1cc2ccccc2cc1S(=O)(=O)O. The van der Waals surface area contributed by atoms with Gasteiger partial charge in [0.05, 0.1) is 11.1 Å². The number of ether oxygens (including phenoxy) is 1. The molecule has 4 aromatic rings. The zero-order valence-electron chi connectivity index (χ0n) is 16.5. The molecule has 168 valence electrons. The Hall–Kier alpha value is -3.64. The minimum Gasteiger partial charge on any atom is -0.386 e. The number of hydrogen-bond donors (Lipinski definition) is 2. The molecule has 2 N–H and O–H groups in total. The summed E-state index contributed by atoms with van der Waals surface area (Å²) in [5.41, 5.74) is -1.25. The summed E-state index contributed by atoms with van der Waals surface area (Å²) in [7, 11) is -9.76. The molecule has 0 fully saturated rings. The molecule has 0 saturated heterocycles. The van der Waals surface area contributed by atoms with Gasteiger partial charge in [-0.2, -0.15) is 16.8 Å². The van der Waals surface area contributed by atoms with E-state index in [9.17, 15) is 35.5 Å². The Morgan fingerprint density at radius 3 is 1.18 bits per heavy atom. The lowest BCUT2D eigenvalue weighted by Gasteiger charge is -2.11. The monoisotopic (exact) mass is 486 g/mol. The third kappa shape index (κ3) is 4.47. The van der Waals surface area contributed by atoms with E-state index in [0.717, 1.165) is 24.3 Å². The van der Waals surface area contributed by atoms with Crippen LogP contribution in [-0.2, 0) is 25.0 Å². The van der Waals surface area contributed by atoms with Gasteiger partial charge in [0, 0.05) is 0 Å². The Morgan fingerprint density at radius 2 is 0.879 bits per heavy atom. The number of benzene rings is 4. The van der Waals surface area contributed by atoms with Crippen LogP contribution >= 0.6 is 0 Å². The van der Waals surface area contributed by atoms with Crippen LogP contribution in [0.2, 0.25) is 0 Å². The summed E-state index contributed by atoms with van der Waals surface area (Å²) >= 11 is 0. The van der Waals surface area contributed by atoms with Crippen molar-refractivity contribution in [1.29, 1.82) is 0 Å². The molecule has 0 heterocycles. The van der Waals surface area contributed by atoms with Crippen LogP contribution in [0.5, 0.6) is 0 Å². The fourth-order valence-corrected chi connectivity index (χ4v) is 4.77. The second-order valence-corrected chi connectivity index (χ2v) is 9.80. The molecule has 0 saturated carbocycles. The second kappa shape index (κ2) is 8.05. The Bertz CT molecular complexity index is 1550. The lowest BCUT2D eigenvalue weighted by molar-refractivity contribution is 0.0391. The first kappa shape index (κ1) is 22.6. The van der Waals surface area contributed by atoms with Crippen LogP contribution in [0, 0.1) is 0 Å². The van der Waals surface area contributed by atoms with Crippen molar-refractivity contribution < 1.29 is 40.3 Å². The molecule has 0 aliphatic carbocycles. The molecule has 0 spiro atoms. The molecule has 0 amide bonds. The molecular weight excluding hydrogens is 472 g/mol. The molecule has 0 aromatic heterocycles. The van der Waals surface area contributed by atoms with Crippen LogP contribution in [0.3, 0.4) is 0 Å². The van der Waals surface area contributed by atoms with Crippen molar-refractivity contribution in [2.24, 2.45) is 0 Å². The van der Waals surface area contributed by atoms with Gasteiger partial charge < -0.3 is 4.74 Å². The Morgan fingerprint density at radius 1 is 0.576 bits per heavy atom. The first-order valence-electron chi connectivity index (χ1n) is 9.22. The third-order valence-electron chi connectivity index (χ3n) is 4.88. The van der Waals surface area contributed by atoms with Gasteiger partial charge in [0.1, 0.15) is 9.79 Å². The predicted molar refractivity (Wildman–Crippen MR) is 117 cm³/mol. The molecular formula is C22H14O9S2. The van der Waals surface area contributed by atoms with Crippen molar-refractivity contribution in [3.05, 3.63) is 83.9 Å². The van der Waals surface area contributed by atoms with Crippen molar-refractivity contribution in [2.45, 2.75) is 9.79 Å². The minimum atomic E-state index is -4.88. The number of fused-ring (bicyclic) bond motifs is 2. The van der Waals surface area contributed by atoms with E-state index < -0.39 is 53.1 Å². The first-order valence-corrected chi connectivity index (χ1v) is 12.1. The number of rotatable bonds is 4. The van der Waals surface area contributed by atoms with Gasteiger partial charge >= 0.3 is 11.9 Å². The number of carbonyl (C=O) groups excluding carboxylic acids is 2. The lowest BCUT2D eigenvalue weighted by Crippen LogP contribution is -2.18. The van der Waals surface area contributed by atoms with Crippen LogP contribution in [0.4, 0.5) is 0 Å². The molecule has 11 heteroatoms. The fraction of sp³-hybridized carbons (Fsp3) is 0. The summed E-state index contributed by atoms with van der Waals surface area (Å²) in [5.74, 6) is -2.87. The normalized spacial score (nSPS) is 12.1. The van der Waals surface area contributed by atoms with E-state index in [1.54, 1.807) is 48.5 Å². The summed E-state index contributed by atoms with van der Waals surface area (Å²) in [4.78, 5) is 23.9. The molecule has 0 aliphatic rings. The van der Waals surface area contributed by atoms with Gasteiger partial charge in [-0.3, -0.25) is 9.11 Å². The van der Waals surface area contributed by atoms with E-state index in [1.165, 1.54) is 0 Å². The zero-order valence-corrected chi connectivity index (χ0v) is 18.1. The molecule has 0 radical (unpaired) electrons. The molecule has 0 bridgehead atoms. The number of carbonyl (C=O) groups is 2. The lowest BCUT2D eigenvalue weighted by atomic mass is 10.1. The summed E-state index contributed by atoms with van der Waals surface area (Å²) in [6.45, 7) is 0. The topological polar surface area (TPSA) is 152 Å². The molecule has 4 aromatic carbocycles. The molecule has 0 aliphatic heterocycles. The van der Waals surface area contributed by atoms with E-state index in [1.807, 2.05) is 0 Å². The zero-order chi connectivity index (χ0) is 24.0. The largest absolute Gasteiger partial charge is 0.386 e. The molecule has 4 rings (SSSR count). The molecule has 9 nitrogen and oxygen atoms in total. The quantitative estimate of drug-likeness (QED) is 0.251. The number of esters is 2. The van der Waals surface area contributed by atoms with Crippen molar-refractivity contribution in [3.63, 3.8) is 0 Å². The van der Waals surface area contributed by atoms with Crippen molar-refractivity contribution in [2.75, 3.05) is 0 Å². The van der Waals surface area contributed by atoms with Gasteiger partial charge in [-0.15, -0.1) is 0 Å². The van der Waals surface area contributed by atoms with E-state index in [-0.39, 0.29) is 0 Å². The summed E-state index contributed by atoms with van der Waals surface area (Å²) in [6.07, 6.45) is 0. The maximum absolute atomic E-state index is 12.7. The molecule has 0 atom stereocenters. The Balaban J connectivity index is 1.81. The highest BCUT2D eigenvalue weighted by Crippen LogP contribution is 2.27. The van der Waals surface area contributed by atoms with E-state index in [4.69, 9.17) is 4.74 Å². The highest BCUT2D eigenvalue weighted by molar-refractivity contribution is 7.86. The highest BCUT2D eigenvalue weighted by atomic mass is 32.2. The summed E-state index contributed by atoms with van der Waals surface area (Å²) in [5, 5.41) is 1.65. The molecule has 33 heavy (non-hydrogen) atoms. The highest BCUT2D eigenvalue weighted by Gasteiger charge is 2.28.